The molecule has 0 N–H and O–H groups in total. The largest absolute Gasteiger partial charge is 0.463 e. The maximum atomic E-state index is 6.46. The Morgan fingerprint density at radius 3 is 2.39 bits per heavy atom. The van der Waals surface area contributed by atoms with Gasteiger partial charge in [0.15, 0.2) is 0 Å². The number of hydrogen-bond acceptors (Lipinski definition) is 3. The maximum absolute atomic E-state index is 6.46. The maximum Gasteiger partial charge on any atom is 0.213 e. The summed E-state index contributed by atoms with van der Waals surface area (Å²) in [5.41, 5.74) is 4.45. The molecule has 2 heterocycles. The second-order valence-electron chi connectivity index (χ2n) is 6.84. The Kier molecular flexibility index (Phi) is 4.81. The lowest BCUT2D eigenvalue weighted by molar-refractivity contribution is -0.0197. The van der Waals surface area contributed by atoms with Crippen molar-refractivity contribution >= 4 is 53.5 Å². The summed E-state index contributed by atoms with van der Waals surface area (Å²) in [5.74, 6) is 0.894. The van der Waals surface area contributed by atoms with Crippen LogP contribution in [-0.4, -0.2) is 10.7 Å². The van der Waals surface area contributed by atoms with Gasteiger partial charge in [0.05, 0.1) is 16.2 Å². The Balaban J connectivity index is 1.63. The standard InChI is InChI=1S/C22H15Br3N2O/c23-15-8-6-13(7-9-15)19-12-20-17-10-16(24)11-18(25)21(17)28-22(27(20)26-19)14-4-2-1-3-5-14/h1-11,20,22H,12H2. The van der Waals surface area contributed by atoms with Gasteiger partial charge in [0.2, 0.25) is 6.23 Å². The highest BCUT2D eigenvalue weighted by Gasteiger charge is 2.41. The summed E-state index contributed by atoms with van der Waals surface area (Å²) in [5, 5.41) is 7.11. The highest BCUT2D eigenvalue weighted by atomic mass is 79.9. The summed E-state index contributed by atoms with van der Waals surface area (Å²) < 4.78 is 9.51. The summed E-state index contributed by atoms with van der Waals surface area (Å²) in [4.78, 5) is 0. The molecular weight excluding hydrogens is 548 g/mol. The Morgan fingerprint density at radius 2 is 1.64 bits per heavy atom. The van der Waals surface area contributed by atoms with Crippen molar-refractivity contribution in [2.24, 2.45) is 5.10 Å². The second-order valence-corrected chi connectivity index (χ2v) is 9.53. The van der Waals surface area contributed by atoms with E-state index >= 15 is 0 Å². The van der Waals surface area contributed by atoms with Crippen molar-refractivity contribution in [2.45, 2.75) is 18.7 Å². The van der Waals surface area contributed by atoms with Crippen molar-refractivity contribution in [1.82, 2.24) is 5.01 Å². The molecule has 0 fully saturated rings. The fourth-order valence-corrected chi connectivity index (χ4v) is 5.39. The van der Waals surface area contributed by atoms with Gasteiger partial charge in [-0.2, -0.15) is 5.10 Å². The fourth-order valence-electron chi connectivity index (χ4n) is 3.77. The summed E-state index contributed by atoms with van der Waals surface area (Å²) in [6.07, 6.45) is 0.577. The normalized spacial score (nSPS) is 20.2. The molecule has 2 aliphatic heterocycles. The van der Waals surface area contributed by atoms with E-state index in [1.54, 1.807) is 0 Å². The average molecular weight is 563 g/mol. The van der Waals surface area contributed by atoms with Crippen LogP contribution in [0.4, 0.5) is 0 Å². The minimum Gasteiger partial charge on any atom is -0.463 e. The van der Waals surface area contributed by atoms with Crippen LogP contribution in [0.15, 0.2) is 85.2 Å². The van der Waals surface area contributed by atoms with Crippen LogP contribution in [0.2, 0.25) is 0 Å². The number of ether oxygens (including phenoxy) is 1. The molecule has 2 unspecified atom stereocenters. The van der Waals surface area contributed by atoms with E-state index in [0.717, 1.165) is 48.0 Å². The first kappa shape index (κ1) is 18.4. The first-order valence-electron chi connectivity index (χ1n) is 8.92. The summed E-state index contributed by atoms with van der Waals surface area (Å²) in [6, 6.07) is 22.9. The molecule has 28 heavy (non-hydrogen) atoms. The zero-order valence-corrected chi connectivity index (χ0v) is 19.4. The summed E-state index contributed by atoms with van der Waals surface area (Å²) in [7, 11) is 0. The summed E-state index contributed by atoms with van der Waals surface area (Å²) >= 11 is 10.8. The molecule has 6 heteroatoms. The quantitative estimate of drug-likeness (QED) is 0.329. The molecular formula is C22H15Br3N2O. The molecule has 0 bridgehead atoms. The molecule has 3 nitrogen and oxygen atoms in total. The number of nitrogens with zero attached hydrogens (tertiary/aromatic N) is 2. The van der Waals surface area contributed by atoms with Crippen LogP contribution in [0.25, 0.3) is 0 Å². The number of hydrogen-bond donors (Lipinski definition) is 0. The number of fused-ring (bicyclic) bond motifs is 3. The third-order valence-corrected chi connectivity index (χ3v) is 6.65. The lowest BCUT2D eigenvalue weighted by Crippen LogP contribution is -2.33. The van der Waals surface area contributed by atoms with E-state index in [-0.39, 0.29) is 12.3 Å². The lowest BCUT2D eigenvalue weighted by Gasteiger charge is -2.38. The van der Waals surface area contributed by atoms with Crippen molar-refractivity contribution in [1.29, 1.82) is 0 Å². The van der Waals surface area contributed by atoms with E-state index in [2.05, 4.69) is 95.3 Å². The Bertz CT molecular complexity index is 1070. The van der Waals surface area contributed by atoms with Crippen molar-refractivity contribution in [3.8, 4) is 5.75 Å². The van der Waals surface area contributed by atoms with Gasteiger partial charge in [-0.05, 0) is 45.8 Å². The molecule has 0 radical (unpaired) electrons. The number of halogens is 3. The minimum absolute atomic E-state index is 0.126. The molecule has 0 amide bonds. The zero-order chi connectivity index (χ0) is 19.3. The third kappa shape index (κ3) is 3.21. The first-order chi connectivity index (χ1) is 13.6. The van der Waals surface area contributed by atoms with E-state index in [1.165, 1.54) is 0 Å². The Morgan fingerprint density at radius 1 is 0.893 bits per heavy atom. The van der Waals surface area contributed by atoms with Crippen molar-refractivity contribution in [3.05, 3.63) is 96.8 Å². The molecule has 0 saturated heterocycles. The van der Waals surface area contributed by atoms with Crippen LogP contribution in [-0.2, 0) is 0 Å². The van der Waals surface area contributed by atoms with E-state index in [4.69, 9.17) is 9.84 Å². The Labute approximate surface area is 188 Å². The van der Waals surface area contributed by atoms with Gasteiger partial charge in [-0.1, -0.05) is 74.3 Å². The molecule has 0 saturated carbocycles. The topological polar surface area (TPSA) is 24.8 Å². The molecule has 140 valence electrons. The van der Waals surface area contributed by atoms with Crippen LogP contribution >= 0.6 is 47.8 Å². The molecule has 2 aliphatic rings. The van der Waals surface area contributed by atoms with E-state index in [0.29, 0.717) is 0 Å². The zero-order valence-electron chi connectivity index (χ0n) is 14.6. The van der Waals surface area contributed by atoms with Crippen LogP contribution in [0.1, 0.15) is 35.4 Å². The number of hydrazone groups is 1. The van der Waals surface area contributed by atoms with Gasteiger partial charge in [0, 0.05) is 26.5 Å². The van der Waals surface area contributed by atoms with E-state index < -0.39 is 0 Å². The molecule has 0 aliphatic carbocycles. The fraction of sp³-hybridized carbons (Fsp3) is 0.136. The predicted octanol–water partition coefficient (Wildman–Crippen LogP) is 7.22. The van der Waals surface area contributed by atoms with Gasteiger partial charge in [0.25, 0.3) is 0 Å². The molecule has 3 aromatic carbocycles. The molecule has 2 atom stereocenters. The third-order valence-electron chi connectivity index (χ3n) is 5.07. The highest BCUT2D eigenvalue weighted by Crippen LogP contribution is 2.50. The monoisotopic (exact) mass is 560 g/mol. The van der Waals surface area contributed by atoms with Crippen LogP contribution in [0.3, 0.4) is 0 Å². The van der Waals surface area contributed by atoms with E-state index in [1.807, 2.05) is 24.3 Å². The Hall–Kier alpha value is -1.63. The van der Waals surface area contributed by atoms with Crippen LogP contribution < -0.4 is 4.74 Å². The SMILES string of the molecule is Brc1ccc(C2=NN3C(C2)c2cc(Br)cc(Br)c2OC3c2ccccc2)cc1. The van der Waals surface area contributed by atoms with Crippen LogP contribution in [0, 0.1) is 0 Å². The van der Waals surface area contributed by atoms with Gasteiger partial charge in [-0.25, -0.2) is 5.01 Å². The average Bonchev–Trinajstić information content (AvgIpc) is 3.14. The van der Waals surface area contributed by atoms with Crippen molar-refractivity contribution in [3.63, 3.8) is 0 Å². The van der Waals surface area contributed by atoms with Gasteiger partial charge in [-0.15, -0.1) is 0 Å². The van der Waals surface area contributed by atoms with Gasteiger partial charge in [-0.3, -0.25) is 0 Å². The highest BCUT2D eigenvalue weighted by molar-refractivity contribution is 9.11. The van der Waals surface area contributed by atoms with Gasteiger partial charge >= 0.3 is 0 Å². The minimum atomic E-state index is -0.260. The molecule has 5 rings (SSSR count). The number of benzene rings is 3. The smallest absolute Gasteiger partial charge is 0.213 e. The van der Waals surface area contributed by atoms with Gasteiger partial charge < -0.3 is 4.74 Å². The van der Waals surface area contributed by atoms with Crippen molar-refractivity contribution < 1.29 is 4.74 Å². The van der Waals surface area contributed by atoms with Gasteiger partial charge in [0.1, 0.15) is 5.75 Å². The van der Waals surface area contributed by atoms with E-state index in [9.17, 15) is 0 Å². The predicted molar refractivity (Wildman–Crippen MR) is 122 cm³/mol. The molecule has 0 aromatic heterocycles. The van der Waals surface area contributed by atoms with Crippen molar-refractivity contribution in [2.75, 3.05) is 0 Å². The second kappa shape index (κ2) is 7.32. The molecule has 3 aromatic rings. The first-order valence-corrected chi connectivity index (χ1v) is 11.3. The number of rotatable bonds is 2. The van der Waals surface area contributed by atoms with Crippen LogP contribution in [0.5, 0.6) is 5.75 Å². The molecule has 0 spiro atoms. The lowest BCUT2D eigenvalue weighted by atomic mass is 9.96. The summed E-state index contributed by atoms with van der Waals surface area (Å²) in [6.45, 7) is 0.